The van der Waals surface area contributed by atoms with Gasteiger partial charge >= 0.3 is 0 Å². The monoisotopic (exact) mass is 410 g/mol. The van der Waals surface area contributed by atoms with E-state index in [1.165, 1.54) is 12.1 Å². The van der Waals surface area contributed by atoms with Gasteiger partial charge < -0.3 is 4.42 Å². The first-order chi connectivity index (χ1) is 13.3. The molecule has 0 fully saturated rings. The number of rotatable bonds is 3. The number of halogens is 1. The van der Waals surface area contributed by atoms with Crippen LogP contribution in [0, 0.1) is 0 Å². The summed E-state index contributed by atoms with van der Waals surface area (Å²) in [4.78, 5) is 13.4. The lowest BCUT2D eigenvalue weighted by molar-refractivity contribution is 0.601. The predicted molar refractivity (Wildman–Crippen MR) is 111 cm³/mol. The third kappa shape index (κ3) is 3.35. The highest BCUT2D eigenvalue weighted by Gasteiger charge is 2.18. The topological polar surface area (TPSA) is 64.3 Å². The van der Waals surface area contributed by atoms with E-state index in [1.807, 2.05) is 0 Å². The molecule has 1 aromatic heterocycles. The molecule has 3 aromatic carbocycles. The maximum Gasteiger partial charge on any atom is 0.201 e. The van der Waals surface area contributed by atoms with Crippen molar-refractivity contribution in [1.29, 1.82) is 0 Å². The fraction of sp³-hybridized carbons (Fsp3) is 0.0455. The van der Waals surface area contributed by atoms with Crippen molar-refractivity contribution in [2.45, 2.75) is 4.90 Å². The summed E-state index contributed by atoms with van der Waals surface area (Å²) in [5.41, 5.74) is 1.99. The summed E-state index contributed by atoms with van der Waals surface area (Å²) >= 11 is 5.99. The van der Waals surface area contributed by atoms with Gasteiger partial charge in [-0.05, 0) is 54.1 Å². The number of hydrogen-bond donors (Lipinski definition) is 0. The van der Waals surface area contributed by atoms with Gasteiger partial charge in [0.1, 0.15) is 11.3 Å². The van der Waals surface area contributed by atoms with Gasteiger partial charge in [0.2, 0.25) is 5.43 Å². The molecule has 0 aliphatic carbocycles. The van der Waals surface area contributed by atoms with E-state index in [4.69, 9.17) is 16.0 Å². The van der Waals surface area contributed by atoms with Gasteiger partial charge in [-0.25, -0.2) is 8.42 Å². The Morgan fingerprint density at radius 3 is 2.07 bits per heavy atom. The minimum absolute atomic E-state index is 0.161. The van der Waals surface area contributed by atoms with E-state index in [0.717, 1.165) is 6.26 Å². The lowest BCUT2D eigenvalue weighted by atomic mass is 9.98. The second-order valence-corrected chi connectivity index (χ2v) is 8.89. The van der Waals surface area contributed by atoms with Crippen LogP contribution in [0.3, 0.4) is 0 Å². The summed E-state index contributed by atoms with van der Waals surface area (Å²) in [6.07, 6.45) is 1.15. The average molecular weight is 411 g/mol. The van der Waals surface area contributed by atoms with Crippen molar-refractivity contribution in [1.82, 2.24) is 0 Å². The molecule has 4 aromatic rings. The molecule has 0 saturated heterocycles. The highest BCUT2D eigenvalue weighted by molar-refractivity contribution is 7.90. The molecule has 4 rings (SSSR count). The molecule has 0 radical (unpaired) electrons. The first kappa shape index (κ1) is 18.5. The molecular formula is C22H15ClO4S. The predicted octanol–water partition coefficient (Wildman–Crippen LogP) is 5.18. The van der Waals surface area contributed by atoms with Gasteiger partial charge in [-0.2, -0.15) is 0 Å². The smallest absolute Gasteiger partial charge is 0.201 e. The molecule has 0 atom stereocenters. The zero-order chi connectivity index (χ0) is 19.9. The van der Waals surface area contributed by atoms with Gasteiger partial charge in [0, 0.05) is 16.8 Å². The van der Waals surface area contributed by atoms with Gasteiger partial charge in [0.05, 0.1) is 15.8 Å². The Balaban J connectivity index is 2.03. The summed E-state index contributed by atoms with van der Waals surface area (Å²) in [7, 11) is -3.32. The van der Waals surface area contributed by atoms with Crippen LogP contribution < -0.4 is 5.43 Å². The number of hydrogen-bond acceptors (Lipinski definition) is 4. The Morgan fingerprint density at radius 1 is 0.821 bits per heavy atom. The standard InChI is InChI=1S/C22H15ClO4S/c1-28(25,26)17-12-8-15(9-13-17)22-20(14-6-10-16(23)11-7-14)21(24)18-4-2-3-5-19(18)27-22/h2-13H,1H3. The molecule has 4 nitrogen and oxygen atoms in total. The van der Waals surface area contributed by atoms with E-state index in [1.54, 1.807) is 60.7 Å². The SMILES string of the molecule is CS(=O)(=O)c1ccc(-c2oc3ccccc3c(=O)c2-c2ccc(Cl)cc2)cc1. The molecule has 0 amide bonds. The zero-order valence-electron chi connectivity index (χ0n) is 14.8. The van der Waals surface area contributed by atoms with Crippen LogP contribution in [-0.4, -0.2) is 14.7 Å². The first-order valence-corrected chi connectivity index (χ1v) is 10.7. The summed E-state index contributed by atoms with van der Waals surface area (Å²) < 4.78 is 29.6. The summed E-state index contributed by atoms with van der Waals surface area (Å²) in [6, 6.07) is 20.3. The van der Waals surface area contributed by atoms with Crippen LogP contribution in [-0.2, 0) is 9.84 Å². The Kier molecular flexibility index (Phi) is 4.57. The van der Waals surface area contributed by atoms with Crippen molar-refractivity contribution in [3.63, 3.8) is 0 Å². The third-order valence-corrected chi connectivity index (χ3v) is 5.86. The molecule has 0 bridgehead atoms. The van der Waals surface area contributed by atoms with Crippen molar-refractivity contribution in [3.8, 4) is 22.5 Å². The maximum atomic E-state index is 13.2. The zero-order valence-corrected chi connectivity index (χ0v) is 16.4. The molecular weight excluding hydrogens is 396 g/mol. The van der Waals surface area contributed by atoms with E-state index < -0.39 is 9.84 Å². The molecule has 1 heterocycles. The number of para-hydroxylation sites is 1. The number of fused-ring (bicyclic) bond motifs is 1. The van der Waals surface area contributed by atoms with E-state index in [9.17, 15) is 13.2 Å². The second kappa shape index (κ2) is 6.93. The van der Waals surface area contributed by atoms with Crippen molar-refractivity contribution in [2.24, 2.45) is 0 Å². The molecule has 0 unspecified atom stereocenters. The molecule has 0 aliphatic rings. The Bertz CT molecular complexity index is 1340. The lowest BCUT2D eigenvalue weighted by Gasteiger charge is -2.11. The van der Waals surface area contributed by atoms with Crippen LogP contribution in [0.2, 0.25) is 5.02 Å². The van der Waals surface area contributed by atoms with Gasteiger partial charge in [0.15, 0.2) is 9.84 Å². The fourth-order valence-corrected chi connectivity index (χ4v) is 3.83. The summed E-state index contributed by atoms with van der Waals surface area (Å²) in [6.45, 7) is 0. The maximum absolute atomic E-state index is 13.2. The molecule has 0 N–H and O–H groups in total. The average Bonchev–Trinajstić information content (AvgIpc) is 2.68. The Labute approximate surface area is 166 Å². The minimum atomic E-state index is -3.32. The summed E-state index contributed by atoms with van der Waals surface area (Å²) in [5.74, 6) is 0.381. The van der Waals surface area contributed by atoms with Crippen LogP contribution in [0.5, 0.6) is 0 Å². The normalized spacial score (nSPS) is 11.6. The third-order valence-electron chi connectivity index (χ3n) is 4.48. The van der Waals surface area contributed by atoms with Crippen LogP contribution in [0.4, 0.5) is 0 Å². The molecule has 0 aliphatic heterocycles. The second-order valence-electron chi connectivity index (χ2n) is 6.43. The largest absolute Gasteiger partial charge is 0.455 e. The van der Waals surface area contributed by atoms with E-state index in [2.05, 4.69) is 0 Å². The van der Waals surface area contributed by atoms with Gasteiger partial charge in [-0.3, -0.25) is 4.79 Å². The quantitative estimate of drug-likeness (QED) is 0.466. The highest BCUT2D eigenvalue weighted by atomic mass is 35.5. The van der Waals surface area contributed by atoms with Crippen molar-refractivity contribution in [2.75, 3.05) is 6.26 Å². The Hall–Kier alpha value is -2.89. The minimum Gasteiger partial charge on any atom is -0.455 e. The number of sulfone groups is 1. The lowest BCUT2D eigenvalue weighted by Crippen LogP contribution is -2.07. The van der Waals surface area contributed by atoms with E-state index >= 15 is 0 Å². The molecule has 6 heteroatoms. The first-order valence-electron chi connectivity index (χ1n) is 8.47. The van der Waals surface area contributed by atoms with Crippen LogP contribution >= 0.6 is 11.6 Å². The highest BCUT2D eigenvalue weighted by Crippen LogP contribution is 2.33. The van der Waals surface area contributed by atoms with Gasteiger partial charge in [-0.15, -0.1) is 0 Å². The molecule has 0 spiro atoms. The fourth-order valence-electron chi connectivity index (χ4n) is 3.08. The van der Waals surface area contributed by atoms with Gasteiger partial charge in [0.25, 0.3) is 0 Å². The van der Waals surface area contributed by atoms with Crippen LogP contribution in [0.25, 0.3) is 33.4 Å². The van der Waals surface area contributed by atoms with E-state index in [-0.39, 0.29) is 10.3 Å². The van der Waals surface area contributed by atoms with Crippen molar-refractivity contribution >= 4 is 32.4 Å². The van der Waals surface area contributed by atoms with Crippen molar-refractivity contribution in [3.05, 3.63) is 88.0 Å². The molecule has 0 saturated carbocycles. The van der Waals surface area contributed by atoms with E-state index in [0.29, 0.717) is 38.4 Å². The van der Waals surface area contributed by atoms with Crippen LogP contribution in [0.15, 0.2) is 86.9 Å². The Morgan fingerprint density at radius 2 is 1.43 bits per heavy atom. The molecule has 140 valence electrons. The van der Waals surface area contributed by atoms with Gasteiger partial charge in [-0.1, -0.05) is 35.9 Å². The summed E-state index contributed by atoms with van der Waals surface area (Å²) in [5, 5.41) is 1.04. The van der Waals surface area contributed by atoms with Crippen LogP contribution in [0.1, 0.15) is 0 Å². The number of benzene rings is 3. The van der Waals surface area contributed by atoms with Crippen molar-refractivity contribution < 1.29 is 12.8 Å². The molecule has 28 heavy (non-hydrogen) atoms.